The van der Waals surface area contributed by atoms with Gasteiger partial charge in [0.1, 0.15) is 0 Å². The molecule has 0 spiro atoms. The molecule has 0 saturated heterocycles. The molecule has 0 atom stereocenters. The number of nitrogens with one attached hydrogen (secondary N) is 1. The van der Waals surface area contributed by atoms with Crippen LogP contribution in [0.15, 0.2) is 29.6 Å². The molecule has 0 saturated carbocycles. The number of amides is 1. The molecule has 1 aromatic rings. The predicted octanol–water partition coefficient (Wildman–Crippen LogP) is 0.146. The average Bonchev–Trinajstić information content (AvgIpc) is 2.25. The monoisotopic (exact) mass is 192 g/mol. The van der Waals surface area contributed by atoms with Crippen molar-refractivity contribution in [1.82, 2.24) is 10.4 Å². The molecular weight excluding hydrogens is 180 g/mol. The molecule has 3 N–H and O–H groups in total. The number of nitrogens with zero attached hydrogens (tertiary/aromatic N) is 2. The van der Waals surface area contributed by atoms with Gasteiger partial charge in [-0.3, -0.25) is 9.78 Å². The van der Waals surface area contributed by atoms with Crippen LogP contribution in [0.25, 0.3) is 0 Å². The van der Waals surface area contributed by atoms with E-state index in [0.717, 1.165) is 0 Å². The van der Waals surface area contributed by atoms with Crippen LogP contribution in [-0.2, 0) is 0 Å². The fraction of sp³-hybridized carbons (Fsp3) is 0.222. The molecule has 1 aromatic heterocycles. The second-order valence-corrected chi connectivity index (χ2v) is 2.57. The van der Waals surface area contributed by atoms with Crippen molar-refractivity contribution in [3.8, 4) is 0 Å². The molecule has 14 heavy (non-hydrogen) atoms. The van der Waals surface area contributed by atoms with E-state index in [1.807, 2.05) is 0 Å². The zero-order valence-electron chi connectivity index (χ0n) is 7.68. The third-order valence-electron chi connectivity index (χ3n) is 1.48. The Balaban J connectivity index is 2.44. The minimum Gasteiger partial charge on any atom is -0.330 e. The molecule has 1 amide bonds. The lowest BCUT2D eigenvalue weighted by molar-refractivity contribution is 0.0954. The first-order valence-corrected chi connectivity index (χ1v) is 4.26. The highest BCUT2D eigenvalue weighted by molar-refractivity contribution is 5.93. The van der Waals surface area contributed by atoms with Crippen molar-refractivity contribution >= 4 is 12.1 Å². The zero-order chi connectivity index (χ0) is 10.2. The highest BCUT2D eigenvalue weighted by atomic mass is 16.2. The third-order valence-corrected chi connectivity index (χ3v) is 1.48. The van der Waals surface area contributed by atoms with Crippen molar-refractivity contribution in [3.05, 3.63) is 30.1 Å². The van der Waals surface area contributed by atoms with Crippen LogP contribution in [0, 0.1) is 0 Å². The number of pyridine rings is 1. The van der Waals surface area contributed by atoms with Crippen molar-refractivity contribution < 1.29 is 4.79 Å². The normalized spacial score (nSPS) is 10.4. The average molecular weight is 192 g/mol. The Labute approximate surface area is 82.0 Å². The van der Waals surface area contributed by atoms with Gasteiger partial charge in [-0.25, -0.2) is 5.43 Å². The van der Waals surface area contributed by atoms with Gasteiger partial charge in [-0.1, -0.05) is 0 Å². The maximum Gasteiger partial charge on any atom is 0.272 e. The number of hydrogen-bond acceptors (Lipinski definition) is 4. The number of carbonyl (C=O) groups excluding carboxylic acids is 1. The van der Waals surface area contributed by atoms with Crippen molar-refractivity contribution in [1.29, 1.82) is 0 Å². The summed E-state index contributed by atoms with van der Waals surface area (Å²) in [5.41, 5.74) is 8.09. The van der Waals surface area contributed by atoms with Crippen LogP contribution in [0.4, 0.5) is 0 Å². The van der Waals surface area contributed by atoms with Gasteiger partial charge in [0.05, 0.1) is 5.56 Å². The van der Waals surface area contributed by atoms with Gasteiger partial charge in [0.2, 0.25) is 0 Å². The second-order valence-electron chi connectivity index (χ2n) is 2.57. The van der Waals surface area contributed by atoms with Crippen LogP contribution in [0.2, 0.25) is 0 Å². The smallest absolute Gasteiger partial charge is 0.272 e. The number of nitrogens with two attached hydrogens (primary N) is 1. The Bertz CT molecular complexity index is 310. The molecular formula is C9H12N4O. The van der Waals surface area contributed by atoms with Crippen LogP contribution in [0.1, 0.15) is 16.8 Å². The van der Waals surface area contributed by atoms with Gasteiger partial charge in [-0.05, 0) is 25.1 Å². The maximum atomic E-state index is 11.3. The standard InChI is InChI=1S/C9H12N4O/c10-4-2-6-12-13-9(14)8-3-1-5-11-7-8/h1,3,5-7H,2,4,10H2,(H,13,14)/b12-6+. The molecule has 0 radical (unpaired) electrons. The SMILES string of the molecule is NCC/C=N/NC(=O)c1cccnc1. The van der Waals surface area contributed by atoms with E-state index < -0.39 is 0 Å². The molecule has 5 heteroatoms. The summed E-state index contributed by atoms with van der Waals surface area (Å²) in [5.74, 6) is -0.272. The van der Waals surface area contributed by atoms with Crippen molar-refractivity contribution in [2.45, 2.75) is 6.42 Å². The highest BCUT2D eigenvalue weighted by Gasteiger charge is 2.01. The molecule has 0 fully saturated rings. The van der Waals surface area contributed by atoms with Crippen LogP contribution >= 0.6 is 0 Å². The summed E-state index contributed by atoms with van der Waals surface area (Å²) in [7, 11) is 0. The van der Waals surface area contributed by atoms with E-state index in [4.69, 9.17) is 5.73 Å². The van der Waals surface area contributed by atoms with Crippen LogP contribution < -0.4 is 11.2 Å². The summed E-state index contributed by atoms with van der Waals surface area (Å²) in [6, 6.07) is 3.36. The first-order chi connectivity index (χ1) is 6.84. The van der Waals surface area contributed by atoms with Crippen molar-refractivity contribution in [2.75, 3.05) is 6.54 Å². The van der Waals surface area contributed by atoms with Gasteiger partial charge in [-0.2, -0.15) is 5.10 Å². The van der Waals surface area contributed by atoms with Crippen LogP contribution in [0.3, 0.4) is 0 Å². The van der Waals surface area contributed by atoms with Gasteiger partial charge in [0.25, 0.3) is 5.91 Å². The van der Waals surface area contributed by atoms with Gasteiger partial charge in [-0.15, -0.1) is 0 Å². The van der Waals surface area contributed by atoms with Crippen molar-refractivity contribution in [2.24, 2.45) is 10.8 Å². The molecule has 0 aliphatic carbocycles. The van der Waals surface area contributed by atoms with Gasteiger partial charge in [0, 0.05) is 18.6 Å². The van der Waals surface area contributed by atoms with E-state index in [1.54, 1.807) is 24.5 Å². The Kier molecular flexibility index (Phi) is 4.30. The van der Waals surface area contributed by atoms with E-state index in [0.29, 0.717) is 18.5 Å². The first kappa shape index (κ1) is 10.3. The summed E-state index contributed by atoms with van der Waals surface area (Å²) in [6.07, 6.45) is 5.30. The molecule has 0 aliphatic rings. The number of hydrazone groups is 1. The Morgan fingerprint density at radius 1 is 1.71 bits per heavy atom. The van der Waals surface area contributed by atoms with Gasteiger partial charge in [0.15, 0.2) is 0 Å². The summed E-state index contributed by atoms with van der Waals surface area (Å²) >= 11 is 0. The van der Waals surface area contributed by atoms with E-state index in [1.165, 1.54) is 6.20 Å². The third kappa shape index (κ3) is 3.32. The Morgan fingerprint density at radius 3 is 3.21 bits per heavy atom. The first-order valence-electron chi connectivity index (χ1n) is 4.26. The van der Waals surface area contributed by atoms with Crippen molar-refractivity contribution in [3.63, 3.8) is 0 Å². The minimum atomic E-state index is -0.272. The molecule has 1 rings (SSSR count). The second kappa shape index (κ2) is 5.82. The quantitative estimate of drug-likeness (QED) is 0.526. The summed E-state index contributed by atoms with van der Waals surface area (Å²) in [5, 5.41) is 3.71. The topological polar surface area (TPSA) is 80.4 Å². The highest BCUT2D eigenvalue weighted by Crippen LogP contribution is 1.94. The number of rotatable bonds is 4. The Hall–Kier alpha value is -1.75. The number of hydrogen-bond donors (Lipinski definition) is 2. The van der Waals surface area contributed by atoms with Crippen LogP contribution in [-0.4, -0.2) is 23.7 Å². The number of carbonyl (C=O) groups is 1. The lowest BCUT2D eigenvalue weighted by Crippen LogP contribution is -2.17. The minimum absolute atomic E-state index is 0.272. The fourth-order valence-electron chi connectivity index (χ4n) is 0.805. The molecule has 0 aromatic carbocycles. The largest absolute Gasteiger partial charge is 0.330 e. The lowest BCUT2D eigenvalue weighted by Gasteiger charge is -1.97. The maximum absolute atomic E-state index is 11.3. The molecule has 74 valence electrons. The van der Waals surface area contributed by atoms with Gasteiger partial charge < -0.3 is 5.73 Å². The van der Waals surface area contributed by atoms with E-state index >= 15 is 0 Å². The molecule has 0 unspecified atom stereocenters. The zero-order valence-corrected chi connectivity index (χ0v) is 7.68. The summed E-state index contributed by atoms with van der Waals surface area (Å²) in [6.45, 7) is 0.520. The Morgan fingerprint density at radius 2 is 2.57 bits per heavy atom. The fourth-order valence-corrected chi connectivity index (χ4v) is 0.805. The lowest BCUT2D eigenvalue weighted by atomic mass is 10.3. The van der Waals surface area contributed by atoms with E-state index in [-0.39, 0.29) is 5.91 Å². The summed E-state index contributed by atoms with van der Waals surface area (Å²) < 4.78 is 0. The van der Waals surface area contributed by atoms with E-state index in [9.17, 15) is 4.79 Å². The van der Waals surface area contributed by atoms with Gasteiger partial charge >= 0.3 is 0 Å². The molecule has 0 aliphatic heterocycles. The molecule has 1 heterocycles. The molecule has 5 nitrogen and oxygen atoms in total. The molecule has 0 bridgehead atoms. The number of aromatic nitrogens is 1. The van der Waals surface area contributed by atoms with Crippen LogP contribution in [0.5, 0.6) is 0 Å². The summed E-state index contributed by atoms with van der Waals surface area (Å²) in [4.78, 5) is 15.1. The van der Waals surface area contributed by atoms with E-state index in [2.05, 4.69) is 15.5 Å². The predicted molar refractivity (Wildman–Crippen MR) is 53.9 cm³/mol.